The topological polar surface area (TPSA) is 54.9 Å². The number of fused-ring (bicyclic) bond motifs is 1. The Morgan fingerprint density at radius 3 is 2.55 bits per heavy atom. The Hall–Kier alpha value is -2.62. The van der Waals surface area contributed by atoms with Crippen molar-refractivity contribution in [3.8, 4) is 0 Å². The van der Waals surface area contributed by atoms with Gasteiger partial charge >= 0.3 is 5.69 Å². The molecule has 0 saturated heterocycles. The van der Waals surface area contributed by atoms with Gasteiger partial charge in [0, 0.05) is 0 Å². The smallest absolute Gasteiger partial charge is 0.307 e. The van der Waals surface area contributed by atoms with E-state index in [2.05, 4.69) is 4.98 Å². The summed E-state index contributed by atoms with van der Waals surface area (Å²) in [6.07, 6.45) is 0. The summed E-state index contributed by atoms with van der Waals surface area (Å²) in [6, 6.07) is 14.9. The Balaban J connectivity index is 2.19. The number of nitrogens with one attached hydrogen (secondary N) is 1. The van der Waals surface area contributed by atoms with Gasteiger partial charge in [0.1, 0.15) is 0 Å². The summed E-state index contributed by atoms with van der Waals surface area (Å²) >= 11 is 0. The molecular formula is C16H14N2O2. The van der Waals surface area contributed by atoms with Gasteiger partial charge in [0.2, 0.25) is 0 Å². The van der Waals surface area contributed by atoms with Crippen LogP contribution in [0.1, 0.15) is 11.1 Å². The molecular weight excluding hydrogens is 252 g/mol. The van der Waals surface area contributed by atoms with Gasteiger partial charge in [0.15, 0.2) is 0 Å². The van der Waals surface area contributed by atoms with Gasteiger partial charge in [-0.3, -0.25) is 9.36 Å². The molecule has 1 heterocycles. The van der Waals surface area contributed by atoms with Crippen LogP contribution in [0.3, 0.4) is 0 Å². The van der Waals surface area contributed by atoms with Gasteiger partial charge in [-0.25, -0.2) is 4.79 Å². The van der Waals surface area contributed by atoms with Crippen LogP contribution in [-0.4, -0.2) is 9.55 Å². The van der Waals surface area contributed by atoms with Crippen LogP contribution >= 0.6 is 0 Å². The minimum Gasteiger partial charge on any atom is -0.307 e. The number of aryl methyl sites for hydroxylation is 1. The summed E-state index contributed by atoms with van der Waals surface area (Å²) in [5.41, 5.74) is 1.88. The molecule has 1 aromatic heterocycles. The summed E-state index contributed by atoms with van der Waals surface area (Å²) in [6.45, 7) is 2.20. The summed E-state index contributed by atoms with van der Waals surface area (Å²) in [4.78, 5) is 27.3. The number of hydrogen-bond acceptors (Lipinski definition) is 2. The molecule has 0 radical (unpaired) electrons. The highest BCUT2D eigenvalue weighted by molar-refractivity contribution is 5.77. The van der Waals surface area contributed by atoms with Crippen LogP contribution in [0.15, 0.2) is 58.1 Å². The van der Waals surface area contributed by atoms with Gasteiger partial charge in [-0.15, -0.1) is 0 Å². The fourth-order valence-corrected chi connectivity index (χ4v) is 2.28. The van der Waals surface area contributed by atoms with Crippen molar-refractivity contribution in [2.24, 2.45) is 0 Å². The molecule has 0 fully saturated rings. The molecule has 0 saturated carbocycles. The van der Waals surface area contributed by atoms with Crippen LogP contribution in [-0.2, 0) is 6.54 Å². The minimum absolute atomic E-state index is 0.257. The summed E-state index contributed by atoms with van der Waals surface area (Å²) in [5, 5.41) is 0.533. The van der Waals surface area contributed by atoms with E-state index < -0.39 is 0 Å². The Kier molecular flexibility index (Phi) is 2.99. The first-order valence-electron chi connectivity index (χ1n) is 6.42. The number of benzene rings is 2. The fourth-order valence-electron chi connectivity index (χ4n) is 2.28. The molecule has 0 unspecified atom stereocenters. The van der Waals surface area contributed by atoms with Crippen molar-refractivity contribution in [3.63, 3.8) is 0 Å². The first kappa shape index (κ1) is 12.4. The maximum atomic E-state index is 12.4. The number of hydrogen-bond donors (Lipinski definition) is 1. The second-order valence-corrected chi connectivity index (χ2v) is 4.86. The molecule has 0 spiro atoms. The third-order valence-corrected chi connectivity index (χ3v) is 3.32. The van der Waals surface area contributed by atoms with Crippen molar-refractivity contribution < 1.29 is 0 Å². The molecule has 0 bridgehead atoms. The van der Waals surface area contributed by atoms with Crippen LogP contribution in [0, 0.1) is 6.92 Å². The number of nitrogens with zero attached hydrogens (tertiary/aromatic N) is 1. The molecule has 100 valence electrons. The molecule has 0 aliphatic carbocycles. The van der Waals surface area contributed by atoms with Gasteiger partial charge < -0.3 is 4.98 Å². The predicted octanol–water partition coefficient (Wildman–Crippen LogP) is 2.05. The largest absolute Gasteiger partial charge is 0.329 e. The first-order valence-corrected chi connectivity index (χ1v) is 6.42. The van der Waals surface area contributed by atoms with Crippen LogP contribution in [0.5, 0.6) is 0 Å². The summed E-state index contributed by atoms with van der Waals surface area (Å²) in [5.74, 6) is 0. The lowest BCUT2D eigenvalue weighted by molar-refractivity contribution is 0.711. The molecule has 4 heteroatoms. The lowest BCUT2D eigenvalue weighted by Gasteiger charge is -2.07. The normalized spacial score (nSPS) is 10.8. The molecule has 0 aliphatic heterocycles. The zero-order chi connectivity index (χ0) is 14.1. The quantitative estimate of drug-likeness (QED) is 0.771. The highest BCUT2D eigenvalue weighted by Crippen LogP contribution is 2.08. The van der Waals surface area contributed by atoms with E-state index >= 15 is 0 Å². The van der Waals surface area contributed by atoms with E-state index in [9.17, 15) is 9.59 Å². The van der Waals surface area contributed by atoms with Crippen LogP contribution in [0.25, 0.3) is 10.9 Å². The summed E-state index contributed by atoms with van der Waals surface area (Å²) < 4.78 is 1.23. The highest BCUT2D eigenvalue weighted by Gasteiger charge is 2.07. The molecule has 0 atom stereocenters. The van der Waals surface area contributed by atoms with Gasteiger partial charge in [-0.1, -0.05) is 36.4 Å². The monoisotopic (exact) mass is 266 g/mol. The van der Waals surface area contributed by atoms with Crippen molar-refractivity contribution in [3.05, 3.63) is 80.5 Å². The molecule has 0 aliphatic rings. The van der Waals surface area contributed by atoms with E-state index in [-0.39, 0.29) is 17.8 Å². The number of rotatable bonds is 2. The molecule has 3 aromatic rings. The zero-order valence-electron chi connectivity index (χ0n) is 11.1. The average Bonchev–Trinajstić information content (AvgIpc) is 2.44. The molecule has 0 amide bonds. The third-order valence-electron chi connectivity index (χ3n) is 3.32. The average molecular weight is 266 g/mol. The SMILES string of the molecule is Cc1ccc2c(=O)n(Cc3ccccc3)c(=O)[nH]c2c1. The van der Waals surface area contributed by atoms with E-state index in [1.165, 1.54) is 4.57 Å². The van der Waals surface area contributed by atoms with Crippen molar-refractivity contribution in [1.29, 1.82) is 0 Å². The molecule has 1 N–H and O–H groups in total. The lowest BCUT2D eigenvalue weighted by Crippen LogP contribution is -2.35. The highest BCUT2D eigenvalue weighted by atomic mass is 16.2. The van der Waals surface area contributed by atoms with Crippen molar-refractivity contribution >= 4 is 10.9 Å². The minimum atomic E-state index is -0.378. The van der Waals surface area contributed by atoms with E-state index in [1.54, 1.807) is 6.07 Å². The second kappa shape index (κ2) is 4.81. The molecule has 20 heavy (non-hydrogen) atoms. The van der Waals surface area contributed by atoms with Crippen LogP contribution < -0.4 is 11.2 Å². The number of H-pyrrole nitrogens is 1. The van der Waals surface area contributed by atoms with Gasteiger partial charge in [0.25, 0.3) is 5.56 Å². The molecule has 4 nitrogen and oxygen atoms in total. The zero-order valence-corrected chi connectivity index (χ0v) is 11.1. The standard InChI is InChI=1S/C16H14N2O2/c1-11-7-8-13-14(9-11)17-16(20)18(15(13)19)10-12-5-3-2-4-6-12/h2-9H,10H2,1H3,(H,17,20). The number of aromatic amines is 1. The summed E-state index contributed by atoms with van der Waals surface area (Å²) in [7, 11) is 0. The molecule has 2 aromatic carbocycles. The maximum absolute atomic E-state index is 12.4. The predicted molar refractivity (Wildman–Crippen MR) is 79.1 cm³/mol. The number of aromatic nitrogens is 2. The van der Waals surface area contributed by atoms with Crippen molar-refractivity contribution in [2.75, 3.05) is 0 Å². The second-order valence-electron chi connectivity index (χ2n) is 4.86. The third kappa shape index (κ3) is 2.16. The van der Waals surface area contributed by atoms with Gasteiger partial charge in [0.05, 0.1) is 17.4 Å². The van der Waals surface area contributed by atoms with Crippen LogP contribution in [0.2, 0.25) is 0 Å². The Labute approximate surface area is 115 Å². The van der Waals surface area contributed by atoms with Gasteiger partial charge in [-0.2, -0.15) is 0 Å². The van der Waals surface area contributed by atoms with Gasteiger partial charge in [-0.05, 0) is 30.2 Å². The fraction of sp³-hybridized carbons (Fsp3) is 0.125. The van der Waals surface area contributed by atoms with E-state index in [0.717, 1.165) is 11.1 Å². The lowest BCUT2D eigenvalue weighted by atomic mass is 10.1. The first-order chi connectivity index (χ1) is 9.65. The molecule has 3 rings (SSSR count). The Bertz CT molecular complexity index is 876. The van der Waals surface area contributed by atoms with Crippen LogP contribution in [0.4, 0.5) is 0 Å². The Morgan fingerprint density at radius 2 is 1.80 bits per heavy atom. The van der Waals surface area contributed by atoms with Crippen molar-refractivity contribution in [1.82, 2.24) is 9.55 Å². The Morgan fingerprint density at radius 1 is 1.05 bits per heavy atom. The van der Waals surface area contributed by atoms with Crippen molar-refractivity contribution in [2.45, 2.75) is 13.5 Å². The maximum Gasteiger partial charge on any atom is 0.329 e. The van der Waals surface area contributed by atoms with E-state index in [1.807, 2.05) is 49.4 Å². The van der Waals surface area contributed by atoms with E-state index in [4.69, 9.17) is 0 Å². The van der Waals surface area contributed by atoms with E-state index in [0.29, 0.717) is 10.9 Å².